The van der Waals surface area contributed by atoms with Gasteiger partial charge in [0, 0.05) is 18.6 Å². The summed E-state index contributed by atoms with van der Waals surface area (Å²) in [6.45, 7) is 0. The zero-order chi connectivity index (χ0) is 13.8. The summed E-state index contributed by atoms with van der Waals surface area (Å²) >= 11 is 12.1. The van der Waals surface area contributed by atoms with E-state index in [9.17, 15) is 0 Å². The molecule has 0 radical (unpaired) electrons. The third-order valence-corrected chi connectivity index (χ3v) is 3.60. The van der Waals surface area contributed by atoms with Crippen molar-refractivity contribution in [3.8, 4) is 5.75 Å². The Kier molecular flexibility index (Phi) is 4.56. The fourth-order valence-electron chi connectivity index (χ4n) is 1.85. The van der Waals surface area contributed by atoms with Gasteiger partial charge in [-0.15, -0.1) is 11.6 Å². The zero-order valence-electron chi connectivity index (χ0n) is 10.9. The highest BCUT2D eigenvalue weighted by atomic mass is 35.5. The standard InChI is InChI=1S/C15H15Cl2NO/c1-18(12-4-6-13(19-2)7-5-12)15-8-3-11(10-16)9-14(15)17/h3-9H,10H2,1-2H3. The maximum atomic E-state index is 6.29. The largest absolute Gasteiger partial charge is 0.497 e. The minimum absolute atomic E-state index is 0.465. The van der Waals surface area contributed by atoms with Crippen molar-refractivity contribution in [2.45, 2.75) is 5.88 Å². The van der Waals surface area contributed by atoms with E-state index in [1.165, 1.54) is 0 Å². The topological polar surface area (TPSA) is 12.5 Å². The van der Waals surface area contributed by atoms with Gasteiger partial charge >= 0.3 is 0 Å². The van der Waals surface area contributed by atoms with Gasteiger partial charge in [-0.05, 0) is 42.0 Å². The number of ether oxygens (including phenoxy) is 1. The number of hydrogen-bond donors (Lipinski definition) is 0. The van der Waals surface area contributed by atoms with Gasteiger partial charge in [0.1, 0.15) is 5.75 Å². The van der Waals surface area contributed by atoms with E-state index in [1.54, 1.807) is 7.11 Å². The SMILES string of the molecule is COc1ccc(N(C)c2ccc(CCl)cc2Cl)cc1. The van der Waals surface area contributed by atoms with Crippen molar-refractivity contribution in [3.05, 3.63) is 53.1 Å². The molecule has 0 unspecified atom stereocenters. The number of halogens is 2. The molecule has 0 aliphatic carbocycles. The van der Waals surface area contributed by atoms with E-state index in [0.717, 1.165) is 22.7 Å². The molecule has 0 aliphatic heterocycles. The maximum absolute atomic E-state index is 6.29. The summed E-state index contributed by atoms with van der Waals surface area (Å²) in [4.78, 5) is 2.03. The van der Waals surface area contributed by atoms with Gasteiger partial charge in [-0.2, -0.15) is 0 Å². The molecule has 0 spiro atoms. The van der Waals surface area contributed by atoms with Gasteiger partial charge in [0.25, 0.3) is 0 Å². The molecule has 0 atom stereocenters. The highest BCUT2D eigenvalue weighted by molar-refractivity contribution is 6.33. The molecule has 2 nitrogen and oxygen atoms in total. The zero-order valence-corrected chi connectivity index (χ0v) is 12.4. The Labute approximate surface area is 123 Å². The predicted molar refractivity (Wildman–Crippen MR) is 82.1 cm³/mol. The molecule has 0 saturated heterocycles. The van der Waals surface area contributed by atoms with Crippen LogP contribution in [0.2, 0.25) is 5.02 Å². The Hall–Kier alpha value is -1.38. The van der Waals surface area contributed by atoms with Crippen LogP contribution in [0.3, 0.4) is 0 Å². The minimum atomic E-state index is 0.465. The normalized spacial score (nSPS) is 10.3. The molecule has 0 bridgehead atoms. The summed E-state index contributed by atoms with van der Waals surface area (Å²) in [6, 6.07) is 13.7. The van der Waals surface area contributed by atoms with Crippen LogP contribution >= 0.6 is 23.2 Å². The maximum Gasteiger partial charge on any atom is 0.119 e. The molecular formula is C15H15Cl2NO. The fraction of sp³-hybridized carbons (Fsp3) is 0.200. The van der Waals surface area contributed by atoms with Crippen molar-refractivity contribution in [2.24, 2.45) is 0 Å². The van der Waals surface area contributed by atoms with Crippen LogP contribution in [0.5, 0.6) is 5.75 Å². The van der Waals surface area contributed by atoms with E-state index in [-0.39, 0.29) is 0 Å². The van der Waals surface area contributed by atoms with E-state index in [0.29, 0.717) is 10.9 Å². The highest BCUT2D eigenvalue weighted by Gasteiger charge is 2.09. The molecule has 2 aromatic carbocycles. The predicted octanol–water partition coefficient (Wildman–Crippen LogP) is 4.86. The van der Waals surface area contributed by atoms with E-state index in [1.807, 2.05) is 54.4 Å². The van der Waals surface area contributed by atoms with Crippen molar-refractivity contribution in [1.29, 1.82) is 0 Å². The van der Waals surface area contributed by atoms with Crippen LogP contribution in [0.1, 0.15) is 5.56 Å². The second-order valence-electron chi connectivity index (χ2n) is 4.18. The van der Waals surface area contributed by atoms with E-state index >= 15 is 0 Å². The number of hydrogen-bond acceptors (Lipinski definition) is 2. The summed E-state index contributed by atoms with van der Waals surface area (Å²) in [7, 11) is 3.63. The third kappa shape index (κ3) is 3.14. The van der Waals surface area contributed by atoms with Crippen molar-refractivity contribution >= 4 is 34.6 Å². The summed E-state index contributed by atoms with van der Waals surface area (Å²) < 4.78 is 5.15. The number of benzene rings is 2. The average Bonchev–Trinajstić information content (AvgIpc) is 2.46. The smallest absolute Gasteiger partial charge is 0.119 e. The Morgan fingerprint density at radius 3 is 2.32 bits per heavy atom. The van der Waals surface area contributed by atoms with Crippen molar-refractivity contribution in [3.63, 3.8) is 0 Å². The Bertz CT molecular complexity index is 555. The molecular weight excluding hydrogens is 281 g/mol. The first-order valence-corrected chi connectivity index (χ1v) is 6.79. The van der Waals surface area contributed by atoms with Crippen LogP contribution in [0.4, 0.5) is 11.4 Å². The fourth-order valence-corrected chi connectivity index (χ4v) is 2.35. The minimum Gasteiger partial charge on any atom is -0.497 e. The molecule has 2 rings (SSSR count). The number of rotatable bonds is 4. The molecule has 0 amide bonds. The third-order valence-electron chi connectivity index (χ3n) is 2.99. The average molecular weight is 296 g/mol. The Morgan fingerprint density at radius 2 is 1.79 bits per heavy atom. The molecule has 0 aromatic heterocycles. The highest BCUT2D eigenvalue weighted by Crippen LogP contribution is 2.32. The lowest BCUT2D eigenvalue weighted by molar-refractivity contribution is 0.415. The van der Waals surface area contributed by atoms with Crippen molar-refractivity contribution in [2.75, 3.05) is 19.1 Å². The molecule has 0 aliphatic rings. The number of anilines is 2. The van der Waals surface area contributed by atoms with Gasteiger partial charge < -0.3 is 9.64 Å². The first-order valence-electron chi connectivity index (χ1n) is 5.88. The Balaban J connectivity index is 2.29. The summed E-state index contributed by atoms with van der Waals surface area (Å²) in [5.41, 5.74) is 3.00. The van der Waals surface area contributed by atoms with Gasteiger partial charge in [0.15, 0.2) is 0 Å². The number of alkyl halides is 1. The van der Waals surface area contributed by atoms with E-state index in [2.05, 4.69) is 0 Å². The molecule has 0 heterocycles. The molecule has 0 saturated carbocycles. The second-order valence-corrected chi connectivity index (χ2v) is 4.85. The Morgan fingerprint density at radius 1 is 1.11 bits per heavy atom. The van der Waals surface area contributed by atoms with Gasteiger partial charge in [-0.3, -0.25) is 0 Å². The molecule has 4 heteroatoms. The molecule has 2 aromatic rings. The molecule has 19 heavy (non-hydrogen) atoms. The first-order chi connectivity index (χ1) is 9.15. The number of methoxy groups -OCH3 is 1. The lowest BCUT2D eigenvalue weighted by Gasteiger charge is -2.21. The second kappa shape index (κ2) is 6.18. The van der Waals surface area contributed by atoms with Crippen molar-refractivity contribution in [1.82, 2.24) is 0 Å². The van der Waals surface area contributed by atoms with E-state index < -0.39 is 0 Å². The van der Waals surface area contributed by atoms with Gasteiger partial charge in [-0.1, -0.05) is 17.7 Å². The van der Waals surface area contributed by atoms with Crippen LogP contribution in [-0.2, 0) is 5.88 Å². The van der Waals surface area contributed by atoms with E-state index in [4.69, 9.17) is 27.9 Å². The molecule has 100 valence electrons. The summed E-state index contributed by atoms with van der Waals surface area (Å²) in [6.07, 6.45) is 0. The lowest BCUT2D eigenvalue weighted by atomic mass is 10.2. The molecule has 0 N–H and O–H groups in total. The summed E-state index contributed by atoms with van der Waals surface area (Å²) in [5.74, 6) is 1.30. The quantitative estimate of drug-likeness (QED) is 0.747. The van der Waals surface area contributed by atoms with Crippen LogP contribution in [0.25, 0.3) is 0 Å². The van der Waals surface area contributed by atoms with Crippen LogP contribution in [0.15, 0.2) is 42.5 Å². The molecule has 0 fully saturated rings. The van der Waals surface area contributed by atoms with Gasteiger partial charge in [0.05, 0.1) is 17.8 Å². The van der Waals surface area contributed by atoms with Gasteiger partial charge in [-0.25, -0.2) is 0 Å². The first kappa shape index (κ1) is 14.0. The lowest BCUT2D eigenvalue weighted by Crippen LogP contribution is -2.09. The van der Waals surface area contributed by atoms with Crippen LogP contribution in [-0.4, -0.2) is 14.2 Å². The van der Waals surface area contributed by atoms with Gasteiger partial charge in [0.2, 0.25) is 0 Å². The monoisotopic (exact) mass is 295 g/mol. The van der Waals surface area contributed by atoms with Crippen LogP contribution < -0.4 is 9.64 Å². The summed E-state index contributed by atoms with van der Waals surface area (Å²) in [5, 5.41) is 0.691. The van der Waals surface area contributed by atoms with Crippen LogP contribution in [0, 0.1) is 0 Å². The van der Waals surface area contributed by atoms with Crippen molar-refractivity contribution < 1.29 is 4.74 Å². The number of nitrogens with zero attached hydrogens (tertiary/aromatic N) is 1.